The van der Waals surface area contributed by atoms with E-state index in [-0.39, 0.29) is 29.2 Å². The fourth-order valence-corrected chi connectivity index (χ4v) is 6.10. The molecular weight excluding hydrogens is 444 g/mol. The van der Waals surface area contributed by atoms with Crippen molar-refractivity contribution in [2.24, 2.45) is 0 Å². The third-order valence-corrected chi connectivity index (χ3v) is 8.26. The van der Waals surface area contributed by atoms with E-state index >= 15 is 0 Å². The van der Waals surface area contributed by atoms with Gasteiger partial charge in [-0.25, -0.2) is 0 Å². The Kier molecular flexibility index (Phi) is 7.33. The number of hydrogen-bond acceptors (Lipinski definition) is 3. The zero-order chi connectivity index (χ0) is 25.0. The van der Waals surface area contributed by atoms with E-state index in [2.05, 4.69) is 40.5 Å². The molecule has 2 aliphatic rings. The van der Waals surface area contributed by atoms with Gasteiger partial charge in [0.1, 0.15) is 0 Å². The second-order valence-corrected chi connectivity index (χ2v) is 10.4. The second kappa shape index (κ2) is 10.8. The summed E-state index contributed by atoms with van der Waals surface area (Å²) in [5.74, 6) is -0.290. The molecule has 4 nitrogen and oxygen atoms in total. The smallest absolute Gasteiger partial charge is 0.227 e. The summed E-state index contributed by atoms with van der Waals surface area (Å²) in [6.45, 7) is 4.27. The molecule has 36 heavy (non-hydrogen) atoms. The number of carbonyl (C=O) groups excluding carboxylic acids is 2. The molecular formula is C32H36N2O2. The molecule has 0 spiro atoms. The maximum absolute atomic E-state index is 13.2. The van der Waals surface area contributed by atoms with Gasteiger partial charge in [0.05, 0.1) is 5.92 Å². The van der Waals surface area contributed by atoms with E-state index in [4.69, 9.17) is 0 Å². The van der Waals surface area contributed by atoms with E-state index in [1.807, 2.05) is 61.5 Å². The van der Waals surface area contributed by atoms with Crippen LogP contribution in [-0.4, -0.2) is 35.7 Å². The van der Waals surface area contributed by atoms with Crippen LogP contribution in [0.3, 0.4) is 0 Å². The molecule has 1 atom stereocenters. The first kappa shape index (κ1) is 24.5. The highest BCUT2D eigenvalue weighted by molar-refractivity contribution is 6.09. The topological polar surface area (TPSA) is 49.4 Å². The highest BCUT2D eigenvalue weighted by Gasteiger charge is 2.42. The molecule has 1 aliphatic heterocycles. The number of amides is 1. The van der Waals surface area contributed by atoms with Crippen LogP contribution in [0.4, 0.5) is 0 Å². The van der Waals surface area contributed by atoms with Crippen molar-refractivity contribution in [1.29, 1.82) is 0 Å². The van der Waals surface area contributed by atoms with Gasteiger partial charge in [-0.1, -0.05) is 78.9 Å². The summed E-state index contributed by atoms with van der Waals surface area (Å²) >= 11 is 0. The second-order valence-electron chi connectivity index (χ2n) is 10.4. The molecule has 0 radical (unpaired) electrons. The minimum atomic E-state index is -0.312. The minimum Gasteiger partial charge on any atom is -0.353 e. The maximum Gasteiger partial charge on any atom is 0.227 e. The normalized spacial score (nSPS) is 23.2. The van der Waals surface area contributed by atoms with Gasteiger partial charge >= 0.3 is 0 Å². The summed E-state index contributed by atoms with van der Waals surface area (Å²) < 4.78 is 0. The molecule has 1 saturated carbocycles. The molecule has 1 amide bonds. The Morgan fingerprint density at radius 1 is 0.833 bits per heavy atom. The van der Waals surface area contributed by atoms with Crippen LogP contribution in [-0.2, 0) is 10.3 Å². The van der Waals surface area contributed by atoms with Crippen molar-refractivity contribution in [3.63, 3.8) is 0 Å². The van der Waals surface area contributed by atoms with Crippen molar-refractivity contribution in [3.8, 4) is 0 Å². The highest BCUT2D eigenvalue weighted by atomic mass is 16.2. The number of likely N-dealkylation sites (tertiary alicyclic amines) is 1. The van der Waals surface area contributed by atoms with Crippen LogP contribution in [0, 0.1) is 0 Å². The summed E-state index contributed by atoms with van der Waals surface area (Å²) in [6.07, 6.45) is 6.65. The quantitative estimate of drug-likeness (QED) is 0.418. The van der Waals surface area contributed by atoms with E-state index in [0.29, 0.717) is 11.1 Å². The lowest BCUT2D eigenvalue weighted by Crippen LogP contribution is -2.50. The summed E-state index contributed by atoms with van der Waals surface area (Å²) in [6, 6.07) is 28.0. The molecule has 1 aliphatic carbocycles. The summed E-state index contributed by atoms with van der Waals surface area (Å²) in [4.78, 5) is 28.8. The highest BCUT2D eigenvalue weighted by Crippen LogP contribution is 2.44. The minimum absolute atomic E-state index is 0.0171. The molecule has 4 heteroatoms. The van der Waals surface area contributed by atoms with Gasteiger partial charge in [0.25, 0.3) is 0 Å². The number of rotatable bonds is 7. The van der Waals surface area contributed by atoms with Gasteiger partial charge in [0.15, 0.2) is 5.78 Å². The molecule has 5 rings (SSSR count). The molecule has 1 heterocycles. The lowest BCUT2D eigenvalue weighted by atomic mass is 9.73. The van der Waals surface area contributed by atoms with Gasteiger partial charge in [0.2, 0.25) is 5.91 Å². The Labute approximate surface area is 214 Å². The number of carbonyl (C=O) groups is 2. The predicted octanol–water partition coefficient (Wildman–Crippen LogP) is 6.07. The lowest BCUT2D eigenvalue weighted by Gasteiger charge is -2.47. The molecule has 2 fully saturated rings. The average Bonchev–Trinajstić information content (AvgIpc) is 3.49. The monoisotopic (exact) mass is 480 g/mol. The third-order valence-electron chi connectivity index (χ3n) is 8.26. The van der Waals surface area contributed by atoms with E-state index in [1.165, 1.54) is 31.5 Å². The summed E-state index contributed by atoms with van der Waals surface area (Å²) in [5, 5.41) is 3.33. The number of hydrogen-bond donors (Lipinski definition) is 1. The third kappa shape index (κ3) is 5.01. The standard InChI is InChI=1S/C32H36N2O2/c1-24(26-13-10-14-27(23-26)30(35)25-11-4-2-5-12-25)31(36)33-29-17-19-32(20-18-29,34-21-8-9-22-34)28-15-6-3-7-16-28/h2-7,10-16,23-24,29H,8-9,17-22H2,1H3,(H,33,36). The average molecular weight is 481 g/mol. The van der Waals surface area contributed by atoms with E-state index in [0.717, 1.165) is 31.2 Å². The molecule has 0 bridgehead atoms. The Morgan fingerprint density at radius 3 is 2.11 bits per heavy atom. The Hall–Kier alpha value is -3.24. The molecule has 3 aromatic rings. The van der Waals surface area contributed by atoms with Crippen LogP contribution >= 0.6 is 0 Å². The van der Waals surface area contributed by atoms with E-state index in [1.54, 1.807) is 0 Å². The van der Waals surface area contributed by atoms with Crippen molar-refractivity contribution in [2.75, 3.05) is 13.1 Å². The van der Waals surface area contributed by atoms with E-state index < -0.39 is 0 Å². The summed E-state index contributed by atoms with van der Waals surface area (Å²) in [5.41, 5.74) is 3.67. The van der Waals surface area contributed by atoms with Crippen molar-refractivity contribution in [2.45, 2.75) is 62.9 Å². The number of benzene rings is 3. The Bertz CT molecular complexity index is 1180. The van der Waals surface area contributed by atoms with Gasteiger partial charge in [-0.15, -0.1) is 0 Å². The van der Waals surface area contributed by atoms with Crippen molar-refractivity contribution in [3.05, 3.63) is 107 Å². The van der Waals surface area contributed by atoms with Crippen LogP contribution < -0.4 is 5.32 Å². The lowest BCUT2D eigenvalue weighted by molar-refractivity contribution is -0.123. The van der Waals surface area contributed by atoms with Crippen LogP contribution in [0.15, 0.2) is 84.9 Å². The van der Waals surface area contributed by atoms with E-state index in [9.17, 15) is 9.59 Å². The molecule has 3 aromatic carbocycles. The van der Waals surface area contributed by atoms with Crippen molar-refractivity contribution in [1.82, 2.24) is 10.2 Å². The van der Waals surface area contributed by atoms with Gasteiger partial charge in [0, 0.05) is 22.7 Å². The Balaban J connectivity index is 1.24. The SMILES string of the molecule is CC(C(=O)NC1CCC(c2ccccc2)(N2CCCC2)CC1)c1cccc(C(=O)c2ccccc2)c1. The molecule has 0 aromatic heterocycles. The van der Waals surface area contributed by atoms with Gasteiger partial charge in [-0.3, -0.25) is 14.5 Å². The predicted molar refractivity (Wildman–Crippen MR) is 144 cm³/mol. The van der Waals surface area contributed by atoms with Crippen LogP contribution in [0.1, 0.15) is 78.4 Å². The maximum atomic E-state index is 13.2. The van der Waals surface area contributed by atoms with Gasteiger partial charge in [-0.2, -0.15) is 0 Å². The zero-order valence-electron chi connectivity index (χ0n) is 21.2. The van der Waals surface area contributed by atoms with Gasteiger partial charge < -0.3 is 5.32 Å². The van der Waals surface area contributed by atoms with Crippen LogP contribution in [0.2, 0.25) is 0 Å². The molecule has 1 N–H and O–H groups in total. The van der Waals surface area contributed by atoms with Crippen molar-refractivity contribution >= 4 is 11.7 Å². The zero-order valence-corrected chi connectivity index (χ0v) is 21.2. The summed E-state index contributed by atoms with van der Waals surface area (Å²) in [7, 11) is 0. The number of ketones is 1. The van der Waals surface area contributed by atoms with Gasteiger partial charge in [-0.05, 0) is 75.7 Å². The van der Waals surface area contributed by atoms with Crippen molar-refractivity contribution < 1.29 is 9.59 Å². The molecule has 1 saturated heterocycles. The fourth-order valence-electron chi connectivity index (χ4n) is 6.10. The first-order valence-electron chi connectivity index (χ1n) is 13.4. The number of nitrogens with zero attached hydrogens (tertiary/aromatic N) is 1. The van der Waals surface area contributed by atoms with Crippen LogP contribution in [0.5, 0.6) is 0 Å². The van der Waals surface area contributed by atoms with Crippen LogP contribution in [0.25, 0.3) is 0 Å². The fraction of sp³-hybridized carbons (Fsp3) is 0.375. The number of nitrogens with one attached hydrogen (secondary N) is 1. The largest absolute Gasteiger partial charge is 0.353 e. The Morgan fingerprint density at radius 2 is 1.44 bits per heavy atom. The first-order chi connectivity index (χ1) is 17.6. The first-order valence-corrected chi connectivity index (χ1v) is 13.4. The molecule has 1 unspecified atom stereocenters. The molecule has 186 valence electrons.